The monoisotopic (exact) mass is 359 g/mol. The van der Waals surface area contributed by atoms with E-state index in [1.54, 1.807) is 24.4 Å². The zero-order valence-electron chi connectivity index (χ0n) is 12.2. The van der Waals surface area contributed by atoms with Gasteiger partial charge in [0.15, 0.2) is 0 Å². The Labute approximate surface area is 147 Å². The van der Waals surface area contributed by atoms with Crippen LogP contribution in [0, 0.1) is 0 Å². The van der Waals surface area contributed by atoms with Gasteiger partial charge < -0.3 is 10.6 Å². The maximum atomic E-state index is 12.1. The first-order valence-electron chi connectivity index (χ1n) is 6.95. The lowest BCUT2D eigenvalue weighted by Crippen LogP contribution is -2.29. The average molecular weight is 360 g/mol. The summed E-state index contributed by atoms with van der Waals surface area (Å²) in [6, 6.07) is 13.5. The molecule has 0 saturated carbocycles. The molecular weight excluding hydrogens is 349 g/mol. The molecule has 0 spiro atoms. The molecule has 7 heteroatoms. The molecule has 1 aromatic heterocycles. The van der Waals surface area contributed by atoms with Crippen LogP contribution in [0.4, 0.5) is 11.4 Å². The number of hydrogen-bond acceptors (Lipinski definition) is 3. The fourth-order valence-corrected chi connectivity index (χ4v) is 2.72. The molecular formula is C17H11Cl2N3O2. The number of rotatable bonds is 2. The van der Waals surface area contributed by atoms with Crippen molar-refractivity contribution in [2.24, 2.45) is 0 Å². The van der Waals surface area contributed by atoms with E-state index in [9.17, 15) is 9.59 Å². The Kier molecular flexibility index (Phi) is 4.64. The van der Waals surface area contributed by atoms with E-state index >= 15 is 0 Å². The third kappa shape index (κ3) is 3.64. The highest BCUT2D eigenvalue weighted by Crippen LogP contribution is 2.23. The van der Waals surface area contributed by atoms with Crippen LogP contribution in [0.1, 0.15) is 0 Å². The van der Waals surface area contributed by atoms with E-state index in [1.807, 2.05) is 12.1 Å². The number of pyridine rings is 1. The molecule has 0 radical (unpaired) electrons. The second-order valence-corrected chi connectivity index (χ2v) is 5.82. The van der Waals surface area contributed by atoms with E-state index in [1.165, 1.54) is 18.2 Å². The van der Waals surface area contributed by atoms with Gasteiger partial charge in [-0.15, -0.1) is 0 Å². The highest BCUT2D eigenvalue weighted by molar-refractivity contribution is 6.44. The molecule has 0 atom stereocenters. The lowest BCUT2D eigenvalue weighted by atomic mass is 10.2. The van der Waals surface area contributed by atoms with Gasteiger partial charge in [0.05, 0.1) is 11.2 Å². The van der Waals surface area contributed by atoms with E-state index in [-0.39, 0.29) is 0 Å². The van der Waals surface area contributed by atoms with Gasteiger partial charge in [0, 0.05) is 27.3 Å². The van der Waals surface area contributed by atoms with Gasteiger partial charge in [0.1, 0.15) is 0 Å². The minimum Gasteiger partial charge on any atom is -0.318 e. The number of para-hydroxylation sites is 1. The lowest BCUT2D eigenvalue weighted by Gasteiger charge is -2.09. The summed E-state index contributed by atoms with van der Waals surface area (Å²) in [7, 11) is 0. The second-order valence-electron chi connectivity index (χ2n) is 4.95. The summed E-state index contributed by atoms with van der Waals surface area (Å²) < 4.78 is 0. The number of aromatic nitrogens is 1. The standard InChI is InChI=1S/C17H11Cl2N3O2/c18-11-7-12(19)9-13(8-11)21-16(23)17(24)22-14-5-1-3-10-4-2-6-20-15(10)14/h1-9H,(H,21,23)(H,22,24). The molecule has 0 fully saturated rings. The number of fused-ring (bicyclic) bond motifs is 1. The molecule has 2 aromatic carbocycles. The van der Waals surface area contributed by atoms with E-state index < -0.39 is 11.8 Å². The molecule has 2 amide bonds. The number of anilines is 2. The molecule has 3 rings (SSSR count). The first kappa shape index (κ1) is 16.2. The van der Waals surface area contributed by atoms with Gasteiger partial charge in [0.2, 0.25) is 0 Å². The van der Waals surface area contributed by atoms with Crippen LogP contribution in [0.2, 0.25) is 10.0 Å². The van der Waals surface area contributed by atoms with Gasteiger partial charge in [-0.3, -0.25) is 14.6 Å². The van der Waals surface area contributed by atoms with Crippen LogP contribution in [0.5, 0.6) is 0 Å². The van der Waals surface area contributed by atoms with Gasteiger partial charge in [-0.1, -0.05) is 41.4 Å². The zero-order chi connectivity index (χ0) is 17.1. The van der Waals surface area contributed by atoms with Gasteiger partial charge in [-0.25, -0.2) is 0 Å². The number of nitrogens with one attached hydrogen (secondary N) is 2. The van der Waals surface area contributed by atoms with Crippen molar-refractivity contribution >= 4 is 57.3 Å². The summed E-state index contributed by atoms with van der Waals surface area (Å²) in [6.45, 7) is 0. The summed E-state index contributed by atoms with van der Waals surface area (Å²) in [6.07, 6.45) is 1.62. The van der Waals surface area contributed by atoms with Crippen LogP contribution in [-0.4, -0.2) is 16.8 Å². The van der Waals surface area contributed by atoms with Crippen LogP contribution in [0.25, 0.3) is 10.9 Å². The predicted octanol–water partition coefficient (Wildman–Crippen LogP) is 4.12. The number of nitrogens with zero attached hydrogens (tertiary/aromatic N) is 1. The molecule has 3 aromatic rings. The molecule has 1 heterocycles. The molecule has 120 valence electrons. The quantitative estimate of drug-likeness (QED) is 0.676. The minimum atomic E-state index is -0.832. The van der Waals surface area contributed by atoms with Gasteiger partial charge in [-0.2, -0.15) is 0 Å². The van der Waals surface area contributed by atoms with Gasteiger partial charge in [-0.05, 0) is 30.3 Å². The largest absolute Gasteiger partial charge is 0.318 e. The fraction of sp³-hybridized carbons (Fsp3) is 0. The third-order valence-electron chi connectivity index (χ3n) is 3.21. The Morgan fingerprint density at radius 2 is 1.54 bits per heavy atom. The van der Waals surface area contributed by atoms with Crippen molar-refractivity contribution in [1.82, 2.24) is 4.98 Å². The SMILES string of the molecule is O=C(Nc1cc(Cl)cc(Cl)c1)C(=O)Nc1cccc2cccnc12. The number of hydrogen-bond donors (Lipinski definition) is 2. The maximum absolute atomic E-state index is 12.1. The molecule has 0 aliphatic carbocycles. The molecule has 0 aliphatic rings. The highest BCUT2D eigenvalue weighted by atomic mass is 35.5. The predicted molar refractivity (Wildman–Crippen MR) is 95.5 cm³/mol. The van der Waals surface area contributed by atoms with Crippen LogP contribution < -0.4 is 10.6 Å². The van der Waals surface area contributed by atoms with Crippen molar-refractivity contribution in [1.29, 1.82) is 0 Å². The van der Waals surface area contributed by atoms with E-state index in [0.29, 0.717) is 26.9 Å². The Morgan fingerprint density at radius 3 is 2.29 bits per heavy atom. The number of amides is 2. The summed E-state index contributed by atoms with van der Waals surface area (Å²) in [4.78, 5) is 28.4. The summed E-state index contributed by atoms with van der Waals surface area (Å²) in [5.41, 5.74) is 1.40. The van der Waals surface area contributed by atoms with Crippen molar-refractivity contribution in [2.75, 3.05) is 10.6 Å². The first-order valence-corrected chi connectivity index (χ1v) is 7.71. The van der Waals surface area contributed by atoms with Crippen LogP contribution >= 0.6 is 23.2 Å². The first-order chi connectivity index (χ1) is 11.5. The van der Waals surface area contributed by atoms with Crippen molar-refractivity contribution in [2.45, 2.75) is 0 Å². The maximum Gasteiger partial charge on any atom is 0.314 e. The van der Waals surface area contributed by atoms with E-state index in [2.05, 4.69) is 15.6 Å². The van der Waals surface area contributed by atoms with Gasteiger partial charge >= 0.3 is 11.8 Å². The molecule has 2 N–H and O–H groups in total. The third-order valence-corrected chi connectivity index (χ3v) is 3.64. The van der Waals surface area contributed by atoms with Crippen LogP contribution in [0.3, 0.4) is 0 Å². The Bertz CT molecular complexity index is 919. The van der Waals surface area contributed by atoms with Gasteiger partial charge in [0.25, 0.3) is 0 Å². The van der Waals surface area contributed by atoms with Crippen molar-refractivity contribution in [3.63, 3.8) is 0 Å². The topological polar surface area (TPSA) is 71.1 Å². The molecule has 0 saturated heterocycles. The smallest absolute Gasteiger partial charge is 0.314 e. The normalized spacial score (nSPS) is 10.4. The van der Waals surface area contributed by atoms with Crippen molar-refractivity contribution < 1.29 is 9.59 Å². The second kappa shape index (κ2) is 6.86. The Hall–Kier alpha value is -2.63. The van der Waals surface area contributed by atoms with E-state index in [0.717, 1.165) is 5.39 Å². The van der Waals surface area contributed by atoms with Crippen molar-refractivity contribution in [3.05, 3.63) is 64.8 Å². The van der Waals surface area contributed by atoms with Crippen LogP contribution in [-0.2, 0) is 9.59 Å². The zero-order valence-corrected chi connectivity index (χ0v) is 13.7. The average Bonchev–Trinajstić information content (AvgIpc) is 2.54. The Morgan fingerprint density at radius 1 is 0.875 bits per heavy atom. The Balaban J connectivity index is 1.77. The number of halogens is 2. The summed E-state index contributed by atoms with van der Waals surface area (Å²) >= 11 is 11.7. The van der Waals surface area contributed by atoms with Crippen LogP contribution in [0.15, 0.2) is 54.7 Å². The molecule has 0 unspecified atom stereocenters. The fourth-order valence-electron chi connectivity index (χ4n) is 2.20. The minimum absolute atomic E-state index is 0.337. The van der Waals surface area contributed by atoms with Crippen molar-refractivity contribution in [3.8, 4) is 0 Å². The highest BCUT2D eigenvalue weighted by Gasteiger charge is 2.16. The molecule has 0 bridgehead atoms. The molecule has 24 heavy (non-hydrogen) atoms. The number of carbonyl (C=O) groups excluding carboxylic acids is 2. The molecule has 0 aliphatic heterocycles. The summed E-state index contributed by atoms with van der Waals surface area (Å²) in [5.74, 6) is -1.65. The van der Waals surface area contributed by atoms with E-state index in [4.69, 9.17) is 23.2 Å². The lowest BCUT2D eigenvalue weighted by molar-refractivity contribution is -0.132. The number of benzene rings is 2. The summed E-state index contributed by atoms with van der Waals surface area (Å²) in [5, 5.41) is 6.58. The number of carbonyl (C=O) groups is 2. The molecule has 5 nitrogen and oxygen atoms in total.